The van der Waals surface area contributed by atoms with Crippen molar-refractivity contribution in [2.24, 2.45) is 11.8 Å². The number of rotatable bonds is 5. The van der Waals surface area contributed by atoms with Gasteiger partial charge in [0.05, 0.1) is 6.10 Å². The molecule has 1 heteroatoms. The lowest BCUT2D eigenvalue weighted by molar-refractivity contribution is 0.137. The Kier molecular flexibility index (Phi) is 2.17. The molecule has 0 amide bonds. The average molecular weight is 154 g/mol. The summed E-state index contributed by atoms with van der Waals surface area (Å²) < 4.78 is 0. The van der Waals surface area contributed by atoms with Crippen molar-refractivity contribution >= 4 is 0 Å². The molecule has 1 atom stereocenters. The lowest BCUT2D eigenvalue weighted by atomic mass is 10.1. The summed E-state index contributed by atoms with van der Waals surface area (Å²) in [7, 11) is 0. The van der Waals surface area contributed by atoms with E-state index < -0.39 is 0 Å². The van der Waals surface area contributed by atoms with Crippen LogP contribution in [0.5, 0.6) is 0 Å². The van der Waals surface area contributed by atoms with Crippen molar-refractivity contribution < 1.29 is 5.11 Å². The van der Waals surface area contributed by atoms with Crippen LogP contribution in [0, 0.1) is 11.8 Å². The number of hydrogen-bond donors (Lipinski definition) is 1. The van der Waals surface area contributed by atoms with E-state index in [2.05, 4.69) is 0 Å². The van der Waals surface area contributed by atoms with E-state index in [-0.39, 0.29) is 6.10 Å². The molecule has 0 radical (unpaired) electrons. The van der Waals surface area contributed by atoms with E-state index >= 15 is 0 Å². The van der Waals surface area contributed by atoms with Gasteiger partial charge in [0.1, 0.15) is 0 Å². The Bertz CT molecular complexity index is 125. The van der Waals surface area contributed by atoms with Crippen LogP contribution in [0.25, 0.3) is 0 Å². The summed E-state index contributed by atoms with van der Waals surface area (Å²) in [5.74, 6) is 1.73. The molecule has 2 saturated carbocycles. The molecular weight excluding hydrogens is 136 g/mol. The van der Waals surface area contributed by atoms with E-state index in [1.54, 1.807) is 0 Å². The standard InChI is InChI=1S/C10H18O/c11-10(9-6-7-9)3-1-2-8-4-5-8/h8-11H,1-7H2. The van der Waals surface area contributed by atoms with Crippen LogP contribution in [0.15, 0.2) is 0 Å². The van der Waals surface area contributed by atoms with Crippen LogP contribution in [0.3, 0.4) is 0 Å². The first-order valence-electron chi connectivity index (χ1n) is 5.04. The quantitative estimate of drug-likeness (QED) is 0.644. The van der Waals surface area contributed by atoms with Crippen molar-refractivity contribution in [1.82, 2.24) is 0 Å². The van der Waals surface area contributed by atoms with Crippen LogP contribution >= 0.6 is 0 Å². The number of aliphatic hydroxyl groups excluding tert-OH is 1. The Morgan fingerprint density at radius 3 is 2.45 bits per heavy atom. The largest absolute Gasteiger partial charge is 0.393 e. The molecule has 0 heterocycles. The molecule has 64 valence electrons. The topological polar surface area (TPSA) is 20.2 Å². The van der Waals surface area contributed by atoms with Crippen LogP contribution in [0.4, 0.5) is 0 Å². The molecule has 0 spiro atoms. The van der Waals surface area contributed by atoms with E-state index in [0.717, 1.165) is 12.3 Å². The summed E-state index contributed by atoms with van der Waals surface area (Å²) in [6.45, 7) is 0. The van der Waals surface area contributed by atoms with E-state index in [1.165, 1.54) is 38.5 Å². The smallest absolute Gasteiger partial charge is 0.0568 e. The Morgan fingerprint density at radius 1 is 1.18 bits per heavy atom. The van der Waals surface area contributed by atoms with E-state index in [4.69, 9.17) is 0 Å². The summed E-state index contributed by atoms with van der Waals surface area (Å²) in [5, 5.41) is 9.52. The summed E-state index contributed by atoms with van der Waals surface area (Å²) in [5.41, 5.74) is 0. The van der Waals surface area contributed by atoms with Crippen LogP contribution in [-0.4, -0.2) is 11.2 Å². The average Bonchev–Trinajstić information content (AvgIpc) is 2.85. The first kappa shape index (κ1) is 7.60. The minimum atomic E-state index is 0.0498. The van der Waals surface area contributed by atoms with Gasteiger partial charge in [0, 0.05) is 0 Å². The van der Waals surface area contributed by atoms with Crippen LogP contribution in [0.2, 0.25) is 0 Å². The summed E-state index contributed by atoms with van der Waals surface area (Å²) in [4.78, 5) is 0. The van der Waals surface area contributed by atoms with Gasteiger partial charge < -0.3 is 5.11 Å². The van der Waals surface area contributed by atoms with Crippen molar-refractivity contribution in [3.8, 4) is 0 Å². The number of hydrogen-bond acceptors (Lipinski definition) is 1. The molecular formula is C10H18O. The fourth-order valence-electron chi connectivity index (χ4n) is 1.74. The van der Waals surface area contributed by atoms with Crippen molar-refractivity contribution in [1.29, 1.82) is 0 Å². The predicted molar refractivity (Wildman–Crippen MR) is 45.3 cm³/mol. The van der Waals surface area contributed by atoms with E-state index in [0.29, 0.717) is 5.92 Å². The summed E-state index contributed by atoms with van der Waals surface area (Å²) in [6.07, 6.45) is 9.25. The van der Waals surface area contributed by atoms with Gasteiger partial charge in [0.2, 0.25) is 0 Å². The molecule has 1 unspecified atom stereocenters. The van der Waals surface area contributed by atoms with Gasteiger partial charge in [-0.05, 0) is 31.1 Å². The highest BCUT2D eigenvalue weighted by molar-refractivity contribution is 4.81. The summed E-state index contributed by atoms with van der Waals surface area (Å²) >= 11 is 0. The SMILES string of the molecule is OC(CCCC1CC1)C1CC1. The fraction of sp³-hybridized carbons (Fsp3) is 1.00. The lowest BCUT2D eigenvalue weighted by Gasteiger charge is -2.07. The van der Waals surface area contributed by atoms with Gasteiger partial charge in [0.15, 0.2) is 0 Å². The highest BCUT2D eigenvalue weighted by Gasteiger charge is 2.29. The predicted octanol–water partition coefficient (Wildman–Crippen LogP) is 2.34. The van der Waals surface area contributed by atoms with E-state index in [9.17, 15) is 5.11 Å². The summed E-state index contributed by atoms with van der Waals surface area (Å²) in [6, 6.07) is 0. The molecule has 2 rings (SSSR count). The monoisotopic (exact) mass is 154 g/mol. The molecule has 0 aromatic carbocycles. The van der Waals surface area contributed by atoms with Gasteiger partial charge >= 0.3 is 0 Å². The zero-order chi connectivity index (χ0) is 7.68. The second-order valence-electron chi connectivity index (χ2n) is 4.28. The van der Waals surface area contributed by atoms with Crippen LogP contribution < -0.4 is 0 Å². The van der Waals surface area contributed by atoms with Gasteiger partial charge in [-0.3, -0.25) is 0 Å². The molecule has 2 aliphatic rings. The lowest BCUT2D eigenvalue weighted by Crippen LogP contribution is -2.08. The van der Waals surface area contributed by atoms with Gasteiger partial charge in [-0.2, -0.15) is 0 Å². The molecule has 0 saturated heterocycles. The number of aliphatic hydroxyl groups is 1. The zero-order valence-electron chi connectivity index (χ0n) is 7.13. The Labute approximate surface area is 68.8 Å². The molecule has 1 N–H and O–H groups in total. The molecule has 2 aliphatic carbocycles. The first-order valence-corrected chi connectivity index (χ1v) is 5.04. The second-order valence-corrected chi connectivity index (χ2v) is 4.28. The highest BCUT2D eigenvalue weighted by Crippen LogP contribution is 2.37. The highest BCUT2D eigenvalue weighted by atomic mass is 16.3. The third-order valence-corrected chi connectivity index (χ3v) is 2.98. The van der Waals surface area contributed by atoms with Gasteiger partial charge in [0.25, 0.3) is 0 Å². The van der Waals surface area contributed by atoms with Crippen molar-refractivity contribution in [2.75, 3.05) is 0 Å². The van der Waals surface area contributed by atoms with Crippen molar-refractivity contribution in [3.63, 3.8) is 0 Å². The normalized spacial score (nSPS) is 27.0. The zero-order valence-corrected chi connectivity index (χ0v) is 7.13. The van der Waals surface area contributed by atoms with Crippen molar-refractivity contribution in [3.05, 3.63) is 0 Å². The molecule has 0 aromatic heterocycles. The molecule has 1 nitrogen and oxygen atoms in total. The third kappa shape index (κ3) is 2.48. The first-order chi connectivity index (χ1) is 5.36. The van der Waals surface area contributed by atoms with Crippen molar-refractivity contribution in [2.45, 2.75) is 51.0 Å². The Balaban J connectivity index is 1.50. The van der Waals surface area contributed by atoms with Gasteiger partial charge in [-0.15, -0.1) is 0 Å². The fourth-order valence-corrected chi connectivity index (χ4v) is 1.74. The molecule has 2 fully saturated rings. The minimum Gasteiger partial charge on any atom is -0.393 e. The van der Waals surface area contributed by atoms with Crippen LogP contribution in [-0.2, 0) is 0 Å². The second kappa shape index (κ2) is 3.14. The third-order valence-electron chi connectivity index (χ3n) is 2.98. The molecule has 0 aliphatic heterocycles. The van der Waals surface area contributed by atoms with Gasteiger partial charge in [-0.1, -0.05) is 25.7 Å². The minimum absolute atomic E-state index is 0.0498. The maximum Gasteiger partial charge on any atom is 0.0568 e. The van der Waals surface area contributed by atoms with Gasteiger partial charge in [-0.25, -0.2) is 0 Å². The molecule has 0 aromatic rings. The molecule has 0 bridgehead atoms. The maximum atomic E-state index is 9.52. The Hall–Kier alpha value is -0.0400. The Morgan fingerprint density at radius 2 is 1.91 bits per heavy atom. The maximum absolute atomic E-state index is 9.52. The molecule has 11 heavy (non-hydrogen) atoms. The van der Waals surface area contributed by atoms with Crippen LogP contribution in [0.1, 0.15) is 44.9 Å². The van der Waals surface area contributed by atoms with E-state index in [1.807, 2.05) is 0 Å².